The fourth-order valence-electron chi connectivity index (χ4n) is 2.94. The second-order valence-corrected chi connectivity index (χ2v) is 6.70. The zero-order valence-corrected chi connectivity index (χ0v) is 16.7. The van der Waals surface area contributed by atoms with Crippen LogP contribution in [0, 0.1) is 0 Å². The molecular formula is C23H18ClN5O. The maximum absolute atomic E-state index is 12.6. The molecule has 6 nitrogen and oxygen atoms in total. The Balaban J connectivity index is 1.64. The van der Waals surface area contributed by atoms with Gasteiger partial charge in [0, 0.05) is 35.7 Å². The Morgan fingerprint density at radius 1 is 0.900 bits per heavy atom. The number of anilines is 4. The molecule has 0 radical (unpaired) electrons. The molecule has 0 aliphatic heterocycles. The van der Waals surface area contributed by atoms with Crippen molar-refractivity contribution < 1.29 is 4.79 Å². The van der Waals surface area contributed by atoms with Crippen molar-refractivity contribution in [3.8, 4) is 0 Å². The van der Waals surface area contributed by atoms with E-state index >= 15 is 0 Å². The molecule has 0 unspecified atom stereocenters. The van der Waals surface area contributed by atoms with Gasteiger partial charge in [-0.2, -0.15) is 0 Å². The summed E-state index contributed by atoms with van der Waals surface area (Å²) >= 11 is 5.82. The van der Waals surface area contributed by atoms with Gasteiger partial charge >= 0.3 is 0 Å². The van der Waals surface area contributed by atoms with Crippen molar-refractivity contribution in [2.45, 2.75) is 5.88 Å². The van der Waals surface area contributed by atoms with Gasteiger partial charge in [0.1, 0.15) is 0 Å². The summed E-state index contributed by atoms with van der Waals surface area (Å²) in [7, 11) is 0. The molecule has 2 aromatic heterocycles. The Labute approximate surface area is 179 Å². The van der Waals surface area contributed by atoms with Gasteiger partial charge < -0.3 is 5.32 Å². The summed E-state index contributed by atoms with van der Waals surface area (Å²) in [5.74, 6) is 0.721. The number of rotatable bonds is 6. The molecule has 4 rings (SSSR count). The highest BCUT2D eigenvalue weighted by molar-refractivity contribution is 6.17. The van der Waals surface area contributed by atoms with Crippen molar-refractivity contribution in [2.24, 2.45) is 0 Å². The van der Waals surface area contributed by atoms with E-state index in [1.165, 1.54) is 0 Å². The minimum atomic E-state index is -0.197. The molecule has 0 saturated heterocycles. The van der Waals surface area contributed by atoms with E-state index in [4.69, 9.17) is 11.6 Å². The first kappa shape index (κ1) is 19.5. The SMILES string of the molecule is O=C(Nc1cccc(N(c2cccnc2)c2ncccn2)c1)c1ccc(CCl)cc1. The zero-order valence-electron chi connectivity index (χ0n) is 15.9. The van der Waals surface area contributed by atoms with Crippen LogP contribution in [0.3, 0.4) is 0 Å². The molecule has 1 N–H and O–H groups in total. The third-order valence-electron chi connectivity index (χ3n) is 4.39. The lowest BCUT2D eigenvalue weighted by molar-refractivity contribution is 0.102. The molecule has 0 atom stereocenters. The number of hydrogen-bond donors (Lipinski definition) is 1. The number of benzene rings is 2. The van der Waals surface area contributed by atoms with E-state index in [1.807, 2.05) is 53.4 Å². The van der Waals surface area contributed by atoms with Crippen LogP contribution in [0.2, 0.25) is 0 Å². The van der Waals surface area contributed by atoms with Gasteiger partial charge in [-0.1, -0.05) is 18.2 Å². The summed E-state index contributed by atoms with van der Waals surface area (Å²) in [6, 6.07) is 20.2. The molecular weight excluding hydrogens is 398 g/mol. The molecule has 0 aliphatic carbocycles. The molecule has 0 spiro atoms. The average Bonchev–Trinajstić information content (AvgIpc) is 2.81. The monoisotopic (exact) mass is 415 g/mol. The van der Waals surface area contributed by atoms with Crippen molar-refractivity contribution in [2.75, 3.05) is 10.2 Å². The highest BCUT2D eigenvalue weighted by Gasteiger charge is 2.16. The maximum atomic E-state index is 12.6. The Morgan fingerprint density at radius 2 is 1.67 bits per heavy atom. The molecule has 2 heterocycles. The summed E-state index contributed by atoms with van der Waals surface area (Å²) in [6.45, 7) is 0. The summed E-state index contributed by atoms with van der Waals surface area (Å²) in [4.78, 5) is 27.5. The van der Waals surface area contributed by atoms with Crippen molar-refractivity contribution in [1.82, 2.24) is 15.0 Å². The molecule has 1 amide bonds. The zero-order chi connectivity index (χ0) is 20.8. The number of carbonyl (C=O) groups is 1. The minimum absolute atomic E-state index is 0.197. The van der Waals surface area contributed by atoms with Gasteiger partial charge in [-0.15, -0.1) is 11.6 Å². The minimum Gasteiger partial charge on any atom is -0.322 e. The molecule has 0 aliphatic rings. The molecule has 0 bridgehead atoms. The van der Waals surface area contributed by atoms with Gasteiger partial charge in [0.2, 0.25) is 5.95 Å². The van der Waals surface area contributed by atoms with E-state index in [2.05, 4.69) is 20.3 Å². The van der Waals surface area contributed by atoms with Gasteiger partial charge in [0.25, 0.3) is 5.91 Å². The van der Waals surface area contributed by atoms with Gasteiger partial charge in [-0.25, -0.2) is 9.97 Å². The van der Waals surface area contributed by atoms with Crippen LogP contribution < -0.4 is 10.2 Å². The first-order valence-corrected chi connectivity index (χ1v) is 9.81. The first-order valence-electron chi connectivity index (χ1n) is 9.28. The number of amides is 1. The molecule has 30 heavy (non-hydrogen) atoms. The average molecular weight is 416 g/mol. The highest BCUT2D eigenvalue weighted by atomic mass is 35.5. The van der Waals surface area contributed by atoms with Gasteiger partial charge in [0.05, 0.1) is 17.6 Å². The van der Waals surface area contributed by atoms with E-state index in [-0.39, 0.29) is 5.91 Å². The number of nitrogens with zero attached hydrogens (tertiary/aromatic N) is 4. The molecule has 0 fully saturated rings. The van der Waals surface area contributed by atoms with Crippen molar-refractivity contribution in [3.05, 3.63) is 103 Å². The maximum Gasteiger partial charge on any atom is 0.255 e. The number of halogens is 1. The topological polar surface area (TPSA) is 71.0 Å². The fourth-order valence-corrected chi connectivity index (χ4v) is 3.12. The smallest absolute Gasteiger partial charge is 0.255 e. The molecule has 148 valence electrons. The number of hydrogen-bond acceptors (Lipinski definition) is 5. The number of carbonyl (C=O) groups excluding carboxylic acids is 1. The second kappa shape index (κ2) is 9.15. The summed E-state index contributed by atoms with van der Waals surface area (Å²) in [5.41, 5.74) is 3.78. The molecule has 4 aromatic rings. The van der Waals surface area contributed by atoms with Gasteiger partial charge in [0.15, 0.2) is 0 Å². The van der Waals surface area contributed by atoms with Crippen LogP contribution in [0.5, 0.6) is 0 Å². The Hall–Kier alpha value is -3.77. The quantitative estimate of drug-likeness (QED) is 0.431. The second-order valence-electron chi connectivity index (χ2n) is 6.43. The van der Waals surface area contributed by atoms with Crippen LogP contribution in [0.15, 0.2) is 91.5 Å². The number of nitrogens with one attached hydrogen (secondary N) is 1. The predicted octanol–water partition coefficient (Wildman–Crippen LogP) is 5.33. The third-order valence-corrected chi connectivity index (χ3v) is 4.70. The third kappa shape index (κ3) is 4.45. The Morgan fingerprint density at radius 3 is 2.37 bits per heavy atom. The predicted molar refractivity (Wildman–Crippen MR) is 118 cm³/mol. The fraction of sp³-hybridized carbons (Fsp3) is 0.0435. The number of alkyl halides is 1. The lowest BCUT2D eigenvalue weighted by Crippen LogP contribution is -2.15. The van der Waals surface area contributed by atoms with Crippen LogP contribution in [0.25, 0.3) is 0 Å². The van der Waals surface area contributed by atoms with E-state index in [0.29, 0.717) is 23.1 Å². The standard InChI is InChI=1S/C23H18ClN5O/c24-15-17-7-9-18(10-8-17)22(30)28-19-4-1-5-20(14-19)29(21-6-2-11-25-16-21)23-26-12-3-13-27-23/h1-14,16H,15H2,(H,28,30). The van der Waals surface area contributed by atoms with Gasteiger partial charge in [-0.3, -0.25) is 14.7 Å². The summed E-state index contributed by atoms with van der Waals surface area (Å²) in [5, 5.41) is 2.94. The summed E-state index contributed by atoms with van der Waals surface area (Å²) in [6.07, 6.45) is 6.81. The Bertz CT molecular complexity index is 1080. The van der Waals surface area contributed by atoms with Crippen molar-refractivity contribution in [1.29, 1.82) is 0 Å². The van der Waals surface area contributed by atoms with Crippen LogP contribution in [-0.4, -0.2) is 20.9 Å². The Kier molecular flexibility index (Phi) is 5.96. The first-order chi connectivity index (χ1) is 14.7. The van der Waals surface area contributed by atoms with E-state index in [9.17, 15) is 4.79 Å². The summed E-state index contributed by atoms with van der Waals surface area (Å²) < 4.78 is 0. The lowest BCUT2D eigenvalue weighted by Gasteiger charge is -2.23. The van der Waals surface area contributed by atoms with E-state index in [0.717, 1.165) is 16.9 Å². The lowest BCUT2D eigenvalue weighted by atomic mass is 10.1. The normalized spacial score (nSPS) is 10.4. The van der Waals surface area contributed by atoms with Crippen molar-refractivity contribution in [3.63, 3.8) is 0 Å². The number of aromatic nitrogens is 3. The number of pyridine rings is 1. The van der Waals surface area contributed by atoms with Crippen LogP contribution >= 0.6 is 11.6 Å². The molecule has 2 aromatic carbocycles. The molecule has 7 heteroatoms. The van der Waals surface area contributed by atoms with Gasteiger partial charge in [-0.05, 0) is 54.1 Å². The molecule has 0 saturated carbocycles. The van der Waals surface area contributed by atoms with Crippen LogP contribution in [0.1, 0.15) is 15.9 Å². The van der Waals surface area contributed by atoms with E-state index in [1.54, 1.807) is 43.0 Å². The largest absolute Gasteiger partial charge is 0.322 e. The van der Waals surface area contributed by atoms with Crippen LogP contribution in [-0.2, 0) is 5.88 Å². The highest BCUT2D eigenvalue weighted by Crippen LogP contribution is 2.32. The van der Waals surface area contributed by atoms with Crippen molar-refractivity contribution >= 4 is 40.5 Å². The van der Waals surface area contributed by atoms with Crippen LogP contribution in [0.4, 0.5) is 23.0 Å². The van der Waals surface area contributed by atoms with E-state index < -0.39 is 0 Å².